The minimum absolute atomic E-state index is 0.0906. The average Bonchev–Trinajstić information content (AvgIpc) is 2.88. The second-order valence-electron chi connectivity index (χ2n) is 4.32. The van der Waals surface area contributed by atoms with Crippen molar-refractivity contribution in [2.75, 3.05) is 11.1 Å². The van der Waals surface area contributed by atoms with Crippen molar-refractivity contribution in [3.05, 3.63) is 48.5 Å². The normalized spacial score (nSPS) is 10.7. The Balaban J connectivity index is 1.59. The van der Waals surface area contributed by atoms with Crippen molar-refractivity contribution >= 4 is 44.4 Å². The van der Waals surface area contributed by atoms with Crippen LogP contribution in [-0.2, 0) is 4.79 Å². The van der Waals surface area contributed by atoms with E-state index in [1.165, 1.54) is 23.1 Å². The number of anilines is 1. The van der Waals surface area contributed by atoms with Gasteiger partial charge in [-0.15, -0.1) is 11.8 Å². The first-order chi connectivity index (χ1) is 10.2. The molecule has 0 unspecified atom stereocenters. The summed E-state index contributed by atoms with van der Waals surface area (Å²) < 4.78 is 1.05. The number of hydrogen-bond donors (Lipinski definition) is 2. The molecule has 0 radical (unpaired) electrons. The van der Waals surface area contributed by atoms with Crippen LogP contribution >= 0.6 is 23.1 Å². The number of nitrogens with one attached hydrogen (secondary N) is 1. The Labute approximate surface area is 129 Å². The van der Waals surface area contributed by atoms with Crippen molar-refractivity contribution in [1.29, 1.82) is 0 Å². The van der Waals surface area contributed by atoms with Gasteiger partial charge in [-0.05, 0) is 36.4 Å². The number of thiazole rings is 1. The zero-order valence-corrected chi connectivity index (χ0v) is 12.6. The highest BCUT2D eigenvalue weighted by molar-refractivity contribution is 8.00. The van der Waals surface area contributed by atoms with E-state index in [0.717, 1.165) is 15.1 Å². The summed E-state index contributed by atoms with van der Waals surface area (Å²) in [5.74, 6) is 0.436. The van der Waals surface area contributed by atoms with E-state index in [0.29, 0.717) is 10.9 Å². The maximum Gasteiger partial charge on any atom is 0.236 e. The molecule has 0 atom stereocenters. The largest absolute Gasteiger partial charge is 0.508 e. The summed E-state index contributed by atoms with van der Waals surface area (Å²) in [5, 5.41) is 12.6. The van der Waals surface area contributed by atoms with Gasteiger partial charge in [0.1, 0.15) is 5.75 Å². The number of thioether (sulfide) groups is 1. The van der Waals surface area contributed by atoms with Crippen LogP contribution in [0.4, 0.5) is 5.13 Å². The van der Waals surface area contributed by atoms with Gasteiger partial charge in [0.25, 0.3) is 0 Å². The average molecular weight is 316 g/mol. The SMILES string of the molecule is O=C(CSc1ccc(O)cc1)Nc1nc2ccccc2s1. The lowest BCUT2D eigenvalue weighted by Gasteiger charge is -2.02. The lowest BCUT2D eigenvalue weighted by atomic mass is 10.3. The number of hydrogen-bond acceptors (Lipinski definition) is 5. The molecule has 1 amide bonds. The highest BCUT2D eigenvalue weighted by Gasteiger charge is 2.08. The van der Waals surface area contributed by atoms with Crippen molar-refractivity contribution < 1.29 is 9.90 Å². The standard InChI is InChI=1S/C15H12N2O2S2/c18-10-5-7-11(8-6-10)20-9-14(19)17-15-16-12-3-1-2-4-13(12)21-15/h1-8,18H,9H2,(H,16,17,19). The second kappa shape index (κ2) is 6.15. The van der Waals surface area contributed by atoms with Gasteiger partial charge in [0, 0.05) is 4.90 Å². The van der Waals surface area contributed by atoms with E-state index in [1.807, 2.05) is 24.3 Å². The zero-order valence-electron chi connectivity index (χ0n) is 10.9. The third kappa shape index (κ3) is 3.53. The number of phenols is 1. The molecule has 1 heterocycles. The maximum absolute atomic E-state index is 11.9. The quantitative estimate of drug-likeness (QED) is 0.720. The predicted molar refractivity (Wildman–Crippen MR) is 87.1 cm³/mol. The molecule has 0 saturated heterocycles. The lowest BCUT2D eigenvalue weighted by molar-refractivity contribution is -0.113. The van der Waals surface area contributed by atoms with Crippen molar-refractivity contribution in [2.24, 2.45) is 0 Å². The molecule has 0 aliphatic heterocycles. The fourth-order valence-corrected chi connectivity index (χ4v) is 3.35. The fraction of sp³-hybridized carbons (Fsp3) is 0.0667. The Kier molecular flexibility index (Phi) is 4.08. The maximum atomic E-state index is 11.9. The number of aromatic nitrogens is 1. The van der Waals surface area contributed by atoms with Crippen molar-refractivity contribution in [2.45, 2.75) is 4.90 Å². The molecule has 2 N–H and O–H groups in total. The first kappa shape index (κ1) is 13.9. The Bertz CT molecular complexity index is 736. The van der Waals surface area contributed by atoms with Gasteiger partial charge in [-0.2, -0.15) is 0 Å². The van der Waals surface area contributed by atoms with Crippen molar-refractivity contribution in [3.63, 3.8) is 0 Å². The first-order valence-corrected chi connectivity index (χ1v) is 8.08. The minimum Gasteiger partial charge on any atom is -0.508 e. The van der Waals surface area contributed by atoms with Crippen LogP contribution in [0.5, 0.6) is 5.75 Å². The van der Waals surface area contributed by atoms with E-state index in [1.54, 1.807) is 24.3 Å². The molecule has 6 heteroatoms. The highest BCUT2D eigenvalue weighted by Crippen LogP contribution is 2.26. The molecular formula is C15H12N2O2S2. The van der Waals surface area contributed by atoms with Gasteiger partial charge in [-0.1, -0.05) is 23.5 Å². The summed E-state index contributed by atoms with van der Waals surface area (Å²) in [6.45, 7) is 0. The molecule has 3 aromatic rings. The Hall–Kier alpha value is -2.05. The number of aromatic hydroxyl groups is 1. The summed E-state index contributed by atoms with van der Waals surface area (Å²) in [6.07, 6.45) is 0. The van der Waals surface area contributed by atoms with Gasteiger partial charge in [-0.3, -0.25) is 4.79 Å². The van der Waals surface area contributed by atoms with Crippen LogP contribution in [0.25, 0.3) is 10.2 Å². The molecule has 2 aromatic carbocycles. The van der Waals surface area contributed by atoms with Gasteiger partial charge in [-0.25, -0.2) is 4.98 Å². The number of amides is 1. The van der Waals surface area contributed by atoms with E-state index in [2.05, 4.69) is 10.3 Å². The van der Waals surface area contributed by atoms with Gasteiger partial charge in [0.15, 0.2) is 5.13 Å². The van der Waals surface area contributed by atoms with Crippen LogP contribution in [0.15, 0.2) is 53.4 Å². The molecule has 0 fully saturated rings. The number of carbonyl (C=O) groups excluding carboxylic acids is 1. The number of fused-ring (bicyclic) bond motifs is 1. The van der Waals surface area contributed by atoms with E-state index >= 15 is 0 Å². The number of carbonyl (C=O) groups is 1. The van der Waals surface area contributed by atoms with Crippen LogP contribution in [0.3, 0.4) is 0 Å². The summed E-state index contributed by atoms with van der Waals surface area (Å²) in [5.41, 5.74) is 0.893. The fourth-order valence-electron chi connectivity index (χ4n) is 1.77. The van der Waals surface area contributed by atoms with Crippen LogP contribution in [0.1, 0.15) is 0 Å². The second-order valence-corrected chi connectivity index (χ2v) is 6.40. The van der Waals surface area contributed by atoms with Crippen molar-refractivity contribution in [3.8, 4) is 5.75 Å². The third-order valence-corrected chi connectivity index (χ3v) is 4.71. The lowest BCUT2D eigenvalue weighted by Crippen LogP contribution is -2.13. The number of rotatable bonds is 4. The smallest absolute Gasteiger partial charge is 0.236 e. The van der Waals surface area contributed by atoms with Gasteiger partial charge in [0.2, 0.25) is 5.91 Å². The summed E-state index contributed by atoms with van der Waals surface area (Å²) in [6, 6.07) is 14.6. The predicted octanol–water partition coefficient (Wildman–Crippen LogP) is 3.73. The van der Waals surface area contributed by atoms with E-state index in [4.69, 9.17) is 0 Å². The molecule has 0 bridgehead atoms. The monoisotopic (exact) mass is 316 g/mol. The third-order valence-electron chi connectivity index (χ3n) is 2.75. The molecule has 0 aliphatic carbocycles. The van der Waals surface area contributed by atoms with Crippen molar-refractivity contribution in [1.82, 2.24) is 4.98 Å². The topological polar surface area (TPSA) is 62.2 Å². The molecule has 0 saturated carbocycles. The molecule has 3 rings (SSSR count). The molecule has 4 nitrogen and oxygen atoms in total. The van der Waals surface area contributed by atoms with E-state index in [-0.39, 0.29) is 11.7 Å². The van der Waals surface area contributed by atoms with Crippen LogP contribution < -0.4 is 5.32 Å². The molecular weight excluding hydrogens is 304 g/mol. The van der Waals surface area contributed by atoms with E-state index in [9.17, 15) is 9.90 Å². The van der Waals surface area contributed by atoms with Crippen LogP contribution in [0, 0.1) is 0 Å². The van der Waals surface area contributed by atoms with Gasteiger partial charge in [0.05, 0.1) is 16.0 Å². The number of phenolic OH excluding ortho intramolecular Hbond substituents is 1. The summed E-state index contributed by atoms with van der Waals surface area (Å²) >= 11 is 2.88. The Morgan fingerprint density at radius 1 is 1.19 bits per heavy atom. The van der Waals surface area contributed by atoms with E-state index < -0.39 is 0 Å². The Morgan fingerprint density at radius 2 is 1.95 bits per heavy atom. The van der Waals surface area contributed by atoms with Crippen LogP contribution in [-0.4, -0.2) is 21.8 Å². The number of nitrogens with zero attached hydrogens (tertiary/aromatic N) is 1. The minimum atomic E-state index is -0.0906. The van der Waals surface area contributed by atoms with Gasteiger partial charge >= 0.3 is 0 Å². The molecule has 1 aromatic heterocycles. The van der Waals surface area contributed by atoms with Crippen LogP contribution in [0.2, 0.25) is 0 Å². The summed E-state index contributed by atoms with van der Waals surface area (Å²) in [4.78, 5) is 17.2. The van der Waals surface area contributed by atoms with Gasteiger partial charge < -0.3 is 10.4 Å². The molecule has 0 spiro atoms. The Morgan fingerprint density at radius 3 is 2.71 bits per heavy atom. The highest BCUT2D eigenvalue weighted by atomic mass is 32.2. The molecule has 21 heavy (non-hydrogen) atoms. The molecule has 106 valence electrons. The summed E-state index contributed by atoms with van der Waals surface area (Å²) in [7, 11) is 0. The molecule has 0 aliphatic rings. The number of benzene rings is 2. The zero-order chi connectivity index (χ0) is 14.7. The number of para-hydroxylation sites is 1. The first-order valence-electron chi connectivity index (χ1n) is 6.28.